The van der Waals surface area contributed by atoms with Gasteiger partial charge >= 0.3 is 0 Å². The number of likely N-dealkylation sites (N-methyl/N-ethyl adjacent to an activating group) is 1. The maximum atomic E-state index is 14.9. The van der Waals surface area contributed by atoms with Gasteiger partial charge in [0, 0.05) is 28.4 Å². The van der Waals surface area contributed by atoms with Gasteiger partial charge in [-0.15, -0.1) is 22.7 Å². The molecular formula is C21H20F2N4S2. The summed E-state index contributed by atoms with van der Waals surface area (Å²) >= 11 is 2.89. The minimum Gasteiger partial charge on any atom is -0.350 e. The molecule has 1 aliphatic rings. The van der Waals surface area contributed by atoms with E-state index in [4.69, 9.17) is 0 Å². The molecule has 4 nitrogen and oxygen atoms in total. The van der Waals surface area contributed by atoms with Crippen molar-refractivity contribution in [2.24, 2.45) is 0 Å². The third kappa shape index (κ3) is 3.10. The summed E-state index contributed by atoms with van der Waals surface area (Å²) in [5.41, 5.74) is 2.20. The van der Waals surface area contributed by atoms with Crippen molar-refractivity contribution < 1.29 is 8.78 Å². The molecule has 0 radical (unpaired) electrons. The van der Waals surface area contributed by atoms with E-state index >= 15 is 0 Å². The Bertz CT molecular complexity index is 1200. The first-order valence-corrected chi connectivity index (χ1v) is 11.4. The third-order valence-corrected chi connectivity index (χ3v) is 7.84. The minimum absolute atomic E-state index is 0.171. The molecule has 1 aromatic carbocycles. The average Bonchev–Trinajstić information content (AvgIpc) is 3.42. The number of thiophene rings is 1. The second-order valence-corrected chi connectivity index (χ2v) is 9.31. The van der Waals surface area contributed by atoms with Gasteiger partial charge in [-0.25, -0.2) is 18.7 Å². The molecule has 1 aliphatic heterocycles. The fourth-order valence-corrected chi connectivity index (χ4v) is 6.22. The summed E-state index contributed by atoms with van der Waals surface area (Å²) in [6.07, 6.45) is 2.80. The van der Waals surface area contributed by atoms with Crippen molar-refractivity contribution in [1.82, 2.24) is 14.9 Å². The lowest BCUT2D eigenvalue weighted by molar-refractivity contribution is 0.274. The van der Waals surface area contributed by atoms with E-state index in [1.807, 2.05) is 0 Å². The Balaban J connectivity index is 1.54. The van der Waals surface area contributed by atoms with E-state index in [1.54, 1.807) is 23.6 Å². The Hall–Kier alpha value is -2.16. The molecule has 4 aromatic rings. The van der Waals surface area contributed by atoms with Gasteiger partial charge in [0.1, 0.15) is 16.0 Å². The van der Waals surface area contributed by atoms with Crippen LogP contribution in [0.4, 0.5) is 20.2 Å². The zero-order valence-corrected chi connectivity index (χ0v) is 17.7. The van der Waals surface area contributed by atoms with Crippen molar-refractivity contribution in [3.63, 3.8) is 0 Å². The molecule has 4 heterocycles. The van der Waals surface area contributed by atoms with E-state index < -0.39 is 11.6 Å². The summed E-state index contributed by atoms with van der Waals surface area (Å²) < 4.78 is 29.9. The molecule has 3 aromatic heterocycles. The van der Waals surface area contributed by atoms with Gasteiger partial charge in [-0.2, -0.15) is 0 Å². The first kappa shape index (κ1) is 18.8. The highest BCUT2D eigenvalue weighted by molar-refractivity contribution is 7.18. The van der Waals surface area contributed by atoms with Gasteiger partial charge < -0.3 is 10.2 Å². The number of benzene rings is 1. The molecule has 29 heavy (non-hydrogen) atoms. The Morgan fingerprint density at radius 2 is 2.14 bits per heavy atom. The molecule has 1 saturated heterocycles. The summed E-state index contributed by atoms with van der Waals surface area (Å²) in [5, 5.41) is 3.87. The Morgan fingerprint density at radius 3 is 2.93 bits per heavy atom. The summed E-state index contributed by atoms with van der Waals surface area (Å²) in [7, 11) is 0. The van der Waals surface area contributed by atoms with Crippen molar-refractivity contribution >= 4 is 54.5 Å². The Kier molecular flexibility index (Phi) is 4.72. The fraction of sp³-hybridized carbons (Fsp3) is 0.333. The summed E-state index contributed by atoms with van der Waals surface area (Å²) in [4.78, 5) is 13.2. The van der Waals surface area contributed by atoms with Gasteiger partial charge in [0.15, 0.2) is 11.6 Å². The van der Waals surface area contributed by atoms with Crippen LogP contribution in [0.3, 0.4) is 0 Å². The van der Waals surface area contributed by atoms with Crippen molar-refractivity contribution in [3.8, 4) is 0 Å². The van der Waals surface area contributed by atoms with Crippen LogP contribution in [0.15, 0.2) is 29.9 Å². The highest BCUT2D eigenvalue weighted by Gasteiger charge is 2.32. The monoisotopic (exact) mass is 430 g/mol. The van der Waals surface area contributed by atoms with Crippen LogP contribution in [0, 0.1) is 11.6 Å². The van der Waals surface area contributed by atoms with Crippen LogP contribution in [0.25, 0.3) is 20.4 Å². The van der Waals surface area contributed by atoms with Gasteiger partial charge in [0.25, 0.3) is 0 Å². The van der Waals surface area contributed by atoms with Crippen LogP contribution < -0.4 is 5.32 Å². The van der Waals surface area contributed by atoms with E-state index in [1.165, 1.54) is 27.8 Å². The van der Waals surface area contributed by atoms with Crippen LogP contribution in [0.1, 0.15) is 31.1 Å². The minimum atomic E-state index is -0.662. The normalized spacial score (nSPS) is 20.1. The van der Waals surface area contributed by atoms with Crippen molar-refractivity contribution in [2.75, 3.05) is 18.4 Å². The van der Waals surface area contributed by atoms with E-state index in [2.05, 4.69) is 40.1 Å². The van der Waals surface area contributed by atoms with E-state index in [0.29, 0.717) is 22.3 Å². The number of aromatic nitrogens is 2. The molecule has 5 rings (SSSR count). The number of nitrogens with zero attached hydrogens (tertiary/aromatic N) is 3. The molecule has 0 aliphatic carbocycles. The van der Waals surface area contributed by atoms with Crippen LogP contribution in [0.5, 0.6) is 0 Å². The quantitative estimate of drug-likeness (QED) is 0.423. The van der Waals surface area contributed by atoms with Crippen molar-refractivity contribution in [3.05, 3.63) is 46.4 Å². The Labute approximate surface area is 175 Å². The topological polar surface area (TPSA) is 41.0 Å². The molecule has 150 valence electrons. The number of likely N-dealkylation sites (tertiary alicyclic amines) is 1. The molecule has 0 saturated carbocycles. The van der Waals surface area contributed by atoms with Gasteiger partial charge in [-0.1, -0.05) is 6.92 Å². The number of thiazole rings is 1. The van der Waals surface area contributed by atoms with Gasteiger partial charge in [0.05, 0.1) is 15.9 Å². The van der Waals surface area contributed by atoms with Gasteiger partial charge in [-0.3, -0.25) is 0 Å². The summed E-state index contributed by atoms with van der Waals surface area (Å²) in [6, 6.07) is 5.70. The highest BCUT2D eigenvalue weighted by atomic mass is 32.1. The number of anilines is 2. The van der Waals surface area contributed by atoms with Crippen molar-refractivity contribution in [2.45, 2.75) is 32.2 Å². The highest BCUT2D eigenvalue weighted by Crippen LogP contribution is 2.41. The van der Waals surface area contributed by atoms with E-state index in [0.717, 1.165) is 29.7 Å². The second kappa shape index (κ2) is 7.27. The lowest BCUT2D eigenvalue weighted by atomic mass is 9.99. The average molecular weight is 431 g/mol. The molecule has 0 unspecified atom stereocenters. The Morgan fingerprint density at radius 1 is 1.28 bits per heavy atom. The second-order valence-electron chi connectivity index (χ2n) is 7.36. The maximum Gasteiger partial charge on any atom is 0.176 e. The standard InChI is InChI=1S/C21H20F2N4S2/c1-3-27-7-5-12(11(27)2)16-8-13-15(4-6-24-21(13)29-16)26-19-14(22)9-17-20(18(19)23)25-10-28-17/h4,6,8-12H,3,5,7H2,1-2H3,(H,24,26)/t11-,12+/m1/s1. The molecule has 8 heteroatoms. The van der Waals surface area contributed by atoms with Crippen LogP contribution in [-0.4, -0.2) is 34.0 Å². The predicted molar refractivity (Wildman–Crippen MR) is 117 cm³/mol. The lowest BCUT2D eigenvalue weighted by Gasteiger charge is -2.22. The first-order chi connectivity index (χ1) is 14.1. The number of rotatable bonds is 4. The van der Waals surface area contributed by atoms with Crippen LogP contribution >= 0.6 is 22.7 Å². The van der Waals surface area contributed by atoms with Crippen molar-refractivity contribution in [1.29, 1.82) is 0 Å². The summed E-state index contributed by atoms with van der Waals surface area (Å²) in [6.45, 7) is 6.60. The fourth-order valence-electron chi connectivity index (χ4n) is 4.26. The number of pyridine rings is 1. The van der Waals surface area contributed by atoms with Crippen LogP contribution in [0.2, 0.25) is 0 Å². The molecule has 2 atom stereocenters. The first-order valence-electron chi connectivity index (χ1n) is 9.67. The largest absolute Gasteiger partial charge is 0.350 e. The number of fused-ring (bicyclic) bond motifs is 2. The number of hydrogen-bond acceptors (Lipinski definition) is 6. The lowest BCUT2D eigenvalue weighted by Crippen LogP contribution is -2.28. The molecule has 0 spiro atoms. The third-order valence-electron chi connectivity index (χ3n) is 5.89. The molecule has 0 bridgehead atoms. The molecule has 1 N–H and O–H groups in total. The number of hydrogen-bond donors (Lipinski definition) is 1. The molecular weight excluding hydrogens is 410 g/mol. The number of halogens is 2. The molecule has 0 amide bonds. The van der Waals surface area contributed by atoms with E-state index in [9.17, 15) is 8.78 Å². The zero-order valence-electron chi connectivity index (χ0n) is 16.1. The maximum absolute atomic E-state index is 14.9. The van der Waals surface area contributed by atoms with Crippen LogP contribution in [-0.2, 0) is 0 Å². The van der Waals surface area contributed by atoms with Gasteiger partial charge in [0.2, 0.25) is 0 Å². The summed E-state index contributed by atoms with van der Waals surface area (Å²) in [5.74, 6) is -0.825. The predicted octanol–water partition coefficient (Wildman–Crippen LogP) is 6.13. The number of nitrogens with one attached hydrogen (secondary N) is 1. The van der Waals surface area contributed by atoms with E-state index in [-0.39, 0.29) is 11.2 Å². The zero-order chi connectivity index (χ0) is 20.1. The smallest absolute Gasteiger partial charge is 0.176 e. The van der Waals surface area contributed by atoms with Gasteiger partial charge in [-0.05, 0) is 44.6 Å². The SMILES string of the molecule is CCN1CC[C@H](c2cc3c(Nc4c(F)cc5scnc5c4F)ccnc3s2)[C@H]1C. The molecule has 1 fully saturated rings.